The van der Waals surface area contributed by atoms with E-state index in [1.807, 2.05) is 0 Å². The number of rotatable bonds is 1. The predicted octanol–water partition coefficient (Wildman–Crippen LogP) is 1.35. The van der Waals surface area contributed by atoms with Crippen molar-refractivity contribution >= 4 is 18.5 Å². The van der Waals surface area contributed by atoms with Crippen LogP contribution in [0.25, 0.3) is 5.57 Å². The first-order valence-corrected chi connectivity index (χ1v) is 6.81. The number of pyridine rings is 1. The SMILES string of the molecule is C1=C(c2ccc3c(n2)CCC3)CNCC1.O=CO.O=CO. The molecule has 2 aliphatic rings. The van der Waals surface area contributed by atoms with Gasteiger partial charge >= 0.3 is 0 Å². The number of aryl methyl sites for hydroxylation is 2. The van der Waals surface area contributed by atoms with Gasteiger partial charge in [-0.05, 0) is 49.4 Å². The Bertz CT molecular complexity index is 494. The highest BCUT2D eigenvalue weighted by molar-refractivity contribution is 5.65. The lowest BCUT2D eigenvalue weighted by molar-refractivity contribution is -0.123. The molecule has 0 radical (unpaired) electrons. The Morgan fingerprint density at radius 3 is 2.48 bits per heavy atom. The first kappa shape index (κ1) is 16.8. The highest BCUT2D eigenvalue weighted by Gasteiger charge is 2.14. The number of carbonyl (C=O) groups is 2. The van der Waals surface area contributed by atoms with E-state index in [-0.39, 0.29) is 12.9 Å². The van der Waals surface area contributed by atoms with Crippen LogP contribution in [-0.2, 0) is 22.4 Å². The quantitative estimate of drug-likeness (QED) is 0.676. The summed E-state index contributed by atoms with van der Waals surface area (Å²) in [6.07, 6.45) is 7.13. The van der Waals surface area contributed by atoms with Gasteiger partial charge in [0.15, 0.2) is 0 Å². The van der Waals surface area contributed by atoms with Crippen LogP contribution in [0.2, 0.25) is 0 Å². The zero-order valence-electron chi connectivity index (χ0n) is 11.8. The van der Waals surface area contributed by atoms with Gasteiger partial charge in [-0.2, -0.15) is 0 Å². The van der Waals surface area contributed by atoms with Crippen LogP contribution in [0.1, 0.15) is 29.8 Å². The van der Waals surface area contributed by atoms with Gasteiger partial charge in [-0.3, -0.25) is 14.6 Å². The van der Waals surface area contributed by atoms with E-state index >= 15 is 0 Å². The second-order valence-corrected chi connectivity index (χ2v) is 4.56. The number of fused-ring (bicyclic) bond motifs is 1. The van der Waals surface area contributed by atoms with Gasteiger partial charge in [0.25, 0.3) is 12.9 Å². The van der Waals surface area contributed by atoms with Gasteiger partial charge in [0.1, 0.15) is 0 Å². The lowest BCUT2D eigenvalue weighted by atomic mass is 10.1. The number of hydrogen-bond acceptors (Lipinski definition) is 4. The van der Waals surface area contributed by atoms with Crippen LogP contribution >= 0.6 is 0 Å². The smallest absolute Gasteiger partial charge is 0.290 e. The van der Waals surface area contributed by atoms with Gasteiger partial charge in [-0.15, -0.1) is 0 Å². The summed E-state index contributed by atoms with van der Waals surface area (Å²) in [4.78, 5) is 21.5. The zero-order valence-corrected chi connectivity index (χ0v) is 11.8. The fraction of sp³-hybridized carbons (Fsp3) is 0.400. The molecule has 3 rings (SSSR count). The van der Waals surface area contributed by atoms with Crippen molar-refractivity contribution in [2.45, 2.75) is 25.7 Å². The van der Waals surface area contributed by atoms with Crippen molar-refractivity contribution < 1.29 is 19.8 Å². The van der Waals surface area contributed by atoms with E-state index in [2.05, 4.69) is 23.5 Å². The molecular weight excluding hydrogens is 272 g/mol. The first-order chi connectivity index (χ1) is 10.3. The van der Waals surface area contributed by atoms with Crippen molar-refractivity contribution in [2.75, 3.05) is 13.1 Å². The Kier molecular flexibility index (Phi) is 7.74. The molecule has 0 unspecified atom stereocenters. The second-order valence-electron chi connectivity index (χ2n) is 4.56. The van der Waals surface area contributed by atoms with Gasteiger partial charge in [-0.1, -0.05) is 12.1 Å². The van der Waals surface area contributed by atoms with Crippen molar-refractivity contribution in [1.82, 2.24) is 10.3 Å². The van der Waals surface area contributed by atoms with E-state index in [9.17, 15) is 0 Å². The Hall–Kier alpha value is -2.21. The summed E-state index contributed by atoms with van der Waals surface area (Å²) in [6, 6.07) is 4.45. The highest BCUT2D eigenvalue weighted by Crippen LogP contribution is 2.23. The van der Waals surface area contributed by atoms with Crippen LogP contribution in [0.3, 0.4) is 0 Å². The number of nitrogens with zero attached hydrogens (tertiary/aromatic N) is 1. The second kappa shape index (κ2) is 9.66. The maximum absolute atomic E-state index is 8.36. The normalized spacial score (nSPS) is 15.3. The van der Waals surface area contributed by atoms with E-state index in [0.29, 0.717) is 0 Å². The number of aromatic nitrogens is 1. The van der Waals surface area contributed by atoms with E-state index < -0.39 is 0 Å². The number of carboxylic acid groups (broad SMARTS) is 2. The summed E-state index contributed by atoms with van der Waals surface area (Å²) >= 11 is 0. The van der Waals surface area contributed by atoms with E-state index in [1.165, 1.54) is 41.8 Å². The Morgan fingerprint density at radius 1 is 1.14 bits per heavy atom. The molecule has 0 amide bonds. The van der Waals surface area contributed by atoms with Gasteiger partial charge in [0.05, 0.1) is 5.69 Å². The van der Waals surface area contributed by atoms with E-state index in [4.69, 9.17) is 24.8 Å². The van der Waals surface area contributed by atoms with Crippen molar-refractivity contribution in [3.05, 3.63) is 35.2 Å². The molecule has 21 heavy (non-hydrogen) atoms. The van der Waals surface area contributed by atoms with Crippen molar-refractivity contribution in [1.29, 1.82) is 0 Å². The third-order valence-electron chi connectivity index (χ3n) is 3.28. The summed E-state index contributed by atoms with van der Waals surface area (Å²) < 4.78 is 0. The van der Waals surface area contributed by atoms with Crippen LogP contribution < -0.4 is 5.32 Å². The standard InChI is InChI=1S/C13H16N2.2CH2O2/c1-3-10-6-7-13(15-12(10)5-1)11-4-2-8-14-9-11;2*2-1-3/h4,6-7,14H,1-3,5,8-9H2;2*1H,(H,2,3). The molecule has 0 saturated carbocycles. The Labute approximate surface area is 123 Å². The highest BCUT2D eigenvalue weighted by atomic mass is 16.3. The Morgan fingerprint density at radius 2 is 1.86 bits per heavy atom. The summed E-state index contributed by atoms with van der Waals surface area (Å²) in [5, 5.41) is 17.2. The van der Waals surface area contributed by atoms with Crippen LogP contribution in [0.15, 0.2) is 18.2 Å². The van der Waals surface area contributed by atoms with E-state index in [0.717, 1.165) is 19.5 Å². The molecule has 114 valence electrons. The van der Waals surface area contributed by atoms with Crippen molar-refractivity contribution in [2.24, 2.45) is 0 Å². The fourth-order valence-electron chi connectivity index (χ4n) is 2.44. The van der Waals surface area contributed by atoms with Crippen molar-refractivity contribution in [3.8, 4) is 0 Å². The van der Waals surface area contributed by atoms with Gasteiger partial charge in [0, 0.05) is 12.2 Å². The van der Waals surface area contributed by atoms with Gasteiger partial charge in [0.2, 0.25) is 0 Å². The predicted molar refractivity (Wildman–Crippen MR) is 79.1 cm³/mol. The Balaban J connectivity index is 0.000000321. The first-order valence-electron chi connectivity index (χ1n) is 6.81. The lowest BCUT2D eigenvalue weighted by Gasteiger charge is -2.14. The third-order valence-corrected chi connectivity index (χ3v) is 3.28. The van der Waals surface area contributed by atoms with Crippen LogP contribution in [0.4, 0.5) is 0 Å². The van der Waals surface area contributed by atoms with E-state index in [1.54, 1.807) is 0 Å². The van der Waals surface area contributed by atoms with Gasteiger partial charge < -0.3 is 15.5 Å². The minimum absolute atomic E-state index is 0.250. The molecular formula is C15H20N2O4. The van der Waals surface area contributed by atoms with Crippen molar-refractivity contribution in [3.63, 3.8) is 0 Å². The molecule has 0 spiro atoms. The molecule has 0 fully saturated rings. The molecule has 1 aliphatic heterocycles. The molecule has 1 aliphatic carbocycles. The molecule has 1 aromatic heterocycles. The molecule has 0 saturated heterocycles. The van der Waals surface area contributed by atoms with Gasteiger partial charge in [-0.25, -0.2) is 0 Å². The largest absolute Gasteiger partial charge is 0.483 e. The third kappa shape index (κ3) is 5.35. The topological polar surface area (TPSA) is 99.5 Å². The van der Waals surface area contributed by atoms with Crippen LogP contribution in [0.5, 0.6) is 0 Å². The summed E-state index contributed by atoms with van der Waals surface area (Å²) in [5.74, 6) is 0. The minimum atomic E-state index is -0.250. The molecule has 6 heteroatoms. The minimum Gasteiger partial charge on any atom is -0.483 e. The van der Waals surface area contributed by atoms with Crippen LogP contribution in [-0.4, -0.2) is 41.2 Å². The molecule has 1 aromatic rings. The molecule has 0 aromatic carbocycles. The fourth-order valence-corrected chi connectivity index (χ4v) is 2.44. The average Bonchev–Trinajstić information content (AvgIpc) is 2.97. The maximum Gasteiger partial charge on any atom is 0.290 e. The van der Waals surface area contributed by atoms with Crippen LogP contribution in [0, 0.1) is 0 Å². The average molecular weight is 292 g/mol. The monoisotopic (exact) mass is 292 g/mol. The molecule has 6 nitrogen and oxygen atoms in total. The molecule has 2 heterocycles. The number of hydrogen-bond donors (Lipinski definition) is 3. The number of nitrogens with one attached hydrogen (secondary N) is 1. The summed E-state index contributed by atoms with van der Waals surface area (Å²) in [6.45, 7) is 1.58. The zero-order chi connectivity index (χ0) is 15.5. The lowest BCUT2D eigenvalue weighted by Crippen LogP contribution is -2.22. The summed E-state index contributed by atoms with van der Waals surface area (Å²) in [5.41, 5.74) is 5.35. The maximum atomic E-state index is 8.36. The molecule has 3 N–H and O–H groups in total. The molecule has 0 bridgehead atoms. The molecule has 0 atom stereocenters. The summed E-state index contributed by atoms with van der Waals surface area (Å²) in [7, 11) is 0.